The van der Waals surface area contributed by atoms with Crippen LogP contribution in [0.5, 0.6) is 0 Å². The van der Waals surface area contributed by atoms with Gasteiger partial charge in [0.2, 0.25) is 0 Å². The highest BCUT2D eigenvalue weighted by atomic mass is 13.9. The van der Waals surface area contributed by atoms with Crippen molar-refractivity contribution in [2.75, 3.05) is 0 Å². The Kier molecular flexibility index (Phi) is 6.45. The van der Waals surface area contributed by atoms with Gasteiger partial charge < -0.3 is 0 Å². The van der Waals surface area contributed by atoms with Crippen LogP contribution >= 0.6 is 0 Å². The summed E-state index contributed by atoms with van der Waals surface area (Å²) in [6.45, 7) is 8.36. The minimum atomic E-state index is 1.14. The lowest BCUT2D eigenvalue weighted by Crippen LogP contribution is -1.81. The first-order chi connectivity index (χ1) is 5.86. The van der Waals surface area contributed by atoms with E-state index >= 15 is 0 Å². The van der Waals surface area contributed by atoms with Crippen molar-refractivity contribution in [3.63, 3.8) is 0 Å². The fourth-order valence-electron chi connectivity index (χ4n) is 1.01. The molecule has 0 heteroatoms. The van der Waals surface area contributed by atoms with Crippen molar-refractivity contribution >= 4 is 0 Å². The van der Waals surface area contributed by atoms with E-state index in [-0.39, 0.29) is 0 Å². The van der Waals surface area contributed by atoms with Crippen LogP contribution in [0.2, 0.25) is 0 Å². The lowest BCUT2D eigenvalue weighted by Gasteiger charge is -1.97. The predicted molar refractivity (Wildman–Crippen MR) is 56.5 cm³/mol. The van der Waals surface area contributed by atoms with Gasteiger partial charge >= 0.3 is 0 Å². The molecular weight excluding hydrogens is 144 g/mol. The molecule has 0 aromatic heterocycles. The molecule has 0 spiro atoms. The maximum Gasteiger partial charge on any atom is -0.0307 e. The Labute approximate surface area is 76.6 Å². The van der Waals surface area contributed by atoms with Gasteiger partial charge in [0.25, 0.3) is 0 Å². The molecule has 0 aliphatic carbocycles. The van der Waals surface area contributed by atoms with Gasteiger partial charge in [-0.05, 0) is 24.0 Å². The molecule has 0 fully saturated rings. The van der Waals surface area contributed by atoms with E-state index in [2.05, 4.69) is 38.1 Å². The normalized spacial score (nSPS) is 8.67. The number of hydrogen-bond donors (Lipinski definition) is 0. The van der Waals surface area contributed by atoms with Crippen LogP contribution in [-0.4, -0.2) is 0 Å². The smallest absolute Gasteiger partial charge is 0.0307 e. The molecule has 1 aromatic rings. The predicted octanol–water partition coefficient (Wildman–Crippen LogP) is 3.84. The summed E-state index contributed by atoms with van der Waals surface area (Å²) in [6.07, 6.45) is 2.29. The second-order valence-corrected chi connectivity index (χ2v) is 2.52. The first kappa shape index (κ1) is 11.2. The van der Waals surface area contributed by atoms with Gasteiger partial charge in [-0.25, -0.2) is 0 Å². The van der Waals surface area contributed by atoms with E-state index in [4.69, 9.17) is 0 Å². The lowest BCUT2D eigenvalue weighted by molar-refractivity contribution is 1.10. The van der Waals surface area contributed by atoms with Crippen LogP contribution in [0.25, 0.3) is 0 Å². The van der Waals surface area contributed by atoms with E-state index in [1.165, 1.54) is 11.1 Å². The molecule has 0 heterocycles. The summed E-state index contributed by atoms with van der Waals surface area (Å²) in [5.41, 5.74) is 2.86. The van der Waals surface area contributed by atoms with Crippen LogP contribution in [0.3, 0.4) is 0 Å². The number of rotatable bonds is 2. The van der Waals surface area contributed by atoms with Crippen molar-refractivity contribution < 1.29 is 0 Å². The summed E-state index contributed by atoms with van der Waals surface area (Å²) in [7, 11) is 0. The summed E-state index contributed by atoms with van der Waals surface area (Å²) >= 11 is 0. The van der Waals surface area contributed by atoms with E-state index in [0.717, 1.165) is 12.8 Å². The fourth-order valence-corrected chi connectivity index (χ4v) is 1.01. The first-order valence-electron chi connectivity index (χ1n) is 4.94. The van der Waals surface area contributed by atoms with E-state index in [1.807, 2.05) is 13.8 Å². The zero-order chi connectivity index (χ0) is 9.40. The minimum Gasteiger partial charge on any atom is -0.0683 e. The maximum atomic E-state index is 2.21. The quantitative estimate of drug-likeness (QED) is 0.623. The van der Waals surface area contributed by atoms with Crippen LogP contribution in [0.1, 0.15) is 38.8 Å². The van der Waals surface area contributed by atoms with Crippen molar-refractivity contribution in [1.29, 1.82) is 0 Å². The topological polar surface area (TPSA) is 0 Å². The summed E-state index contributed by atoms with van der Waals surface area (Å²) < 4.78 is 0. The van der Waals surface area contributed by atoms with Crippen LogP contribution in [-0.2, 0) is 12.8 Å². The summed E-state index contributed by atoms with van der Waals surface area (Å²) in [5, 5.41) is 0. The van der Waals surface area contributed by atoms with Crippen LogP contribution < -0.4 is 0 Å². The molecule has 0 radical (unpaired) electrons. The number of hydrogen-bond acceptors (Lipinski definition) is 0. The Bertz CT molecular complexity index is 161. The Balaban J connectivity index is 0.000000561. The molecule has 1 rings (SSSR count). The SMILES string of the molecule is CC.CCc1ccc(CC)cc1. The average molecular weight is 164 g/mol. The van der Waals surface area contributed by atoms with Crippen molar-refractivity contribution in [3.05, 3.63) is 35.4 Å². The Morgan fingerprint density at radius 3 is 1.17 bits per heavy atom. The van der Waals surface area contributed by atoms with Crippen molar-refractivity contribution in [1.82, 2.24) is 0 Å². The first-order valence-corrected chi connectivity index (χ1v) is 4.94. The maximum absolute atomic E-state index is 2.21. The third kappa shape index (κ3) is 3.56. The highest BCUT2D eigenvalue weighted by molar-refractivity contribution is 5.22. The third-order valence-electron chi connectivity index (χ3n) is 1.84. The monoisotopic (exact) mass is 164 g/mol. The zero-order valence-corrected chi connectivity index (χ0v) is 8.72. The molecule has 0 unspecified atom stereocenters. The van der Waals surface area contributed by atoms with E-state index < -0.39 is 0 Å². The third-order valence-corrected chi connectivity index (χ3v) is 1.84. The molecule has 0 nitrogen and oxygen atoms in total. The molecule has 0 amide bonds. The summed E-state index contributed by atoms with van der Waals surface area (Å²) in [5.74, 6) is 0. The molecule has 0 aliphatic heterocycles. The molecule has 0 saturated carbocycles. The second kappa shape index (κ2) is 6.90. The Hall–Kier alpha value is -0.780. The van der Waals surface area contributed by atoms with E-state index in [9.17, 15) is 0 Å². The highest BCUT2D eigenvalue weighted by Crippen LogP contribution is 2.04. The van der Waals surface area contributed by atoms with Gasteiger partial charge in [0.15, 0.2) is 0 Å². The van der Waals surface area contributed by atoms with Gasteiger partial charge in [-0.3, -0.25) is 0 Å². The molecule has 0 bridgehead atoms. The summed E-state index contributed by atoms with van der Waals surface area (Å²) in [6, 6.07) is 8.83. The minimum absolute atomic E-state index is 1.14. The van der Waals surface area contributed by atoms with Gasteiger partial charge in [0, 0.05) is 0 Å². The average Bonchev–Trinajstić information content (AvgIpc) is 2.21. The van der Waals surface area contributed by atoms with Crippen LogP contribution in [0.4, 0.5) is 0 Å². The Morgan fingerprint density at radius 2 is 1.00 bits per heavy atom. The van der Waals surface area contributed by atoms with Gasteiger partial charge in [0.05, 0.1) is 0 Å². The van der Waals surface area contributed by atoms with Crippen LogP contribution in [0.15, 0.2) is 24.3 Å². The number of benzene rings is 1. The van der Waals surface area contributed by atoms with Crippen molar-refractivity contribution in [2.45, 2.75) is 40.5 Å². The Morgan fingerprint density at radius 1 is 0.750 bits per heavy atom. The van der Waals surface area contributed by atoms with Crippen molar-refractivity contribution in [3.8, 4) is 0 Å². The zero-order valence-electron chi connectivity index (χ0n) is 8.72. The molecule has 0 atom stereocenters. The molecule has 1 aromatic carbocycles. The number of aryl methyl sites for hydroxylation is 2. The highest BCUT2D eigenvalue weighted by Gasteiger charge is 1.88. The lowest BCUT2D eigenvalue weighted by atomic mass is 10.1. The van der Waals surface area contributed by atoms with E-state index in [1.54, 1.807) is 0 Å². The van der Waals surface area contributed by atoms with Gasteiger partial charge in [0.1, 0.15) is 0 Å². The molecule has 12 heavy (non-hydrogen) atoms. The van der Waals surface area contributed by atoms with E-state index in [0.29, 0.717) is 0 Å². The molecule has 0 aliphatic rings. The van der Waals surface area contributed by atoms with Gasteiger partial charge in [-0.15, -0.1) is 0 Å². The van der Waals surface area contributed by atoms with Gasteiger partial charge in [-0.1, -0.05) is 52.0 Å². The van der Waals surface area contributed by atoms with Crippen molar-refractivity contribution in [2.24, 2.45) is 0 Å². The second-order valence-electron chi connectivity index (χ2n) is 2.52. The fraction of sp³-hybridized carbons (Fsp3) is 0.500. The molecular formula is C12H20. The largest absolute Gasteiger partial charge is 0.0683 e. The van der Waals surface area contributed by atoms with Gasteiger partial charge in [-0.2, -0.15) is 0 Å². The van der Waals surface area contributed by atoms with Crippen LogP contribution in [0, 0.1) is 0 Å². The summed E-state index contributed by atoms with van der Waals surface area (Å²) in [4.78, 5) is 0. The molecule has 0 N–H and O–H groups in total. The standard InChI is InChI=1S/C10H14.C2H6/c1-3-9-5-7-10(4-2)8-6-9;1-2/h5-8H,3-4H2,1-2H3;1-2H3. The molecule has 68 valence electrons. The molecule has 0 saturated heterocycles.